The Morgan fingerprint density at radius 3 is 2.38 bits per heavy atom. The molecule has 63 heavy (non-hydrogen) atoms. The van der Waals surface area contributed by atoms with Crippen LogP contribution in [0.1, 0.15) is 85.6 Å². The summed E-state index contributed by atoms with van der Waals surface area (Å²) in [5.74, 6) is -0.605. The van der Waals surface area contributed by atoms with Gasteiger partial charge in [-0.05, 0) is 101 Å². The number of nitrogens with one attached hydrogen (secondary N) is 3. The van der Waals surface area contributed by atoms with Crippen LogP contribution in [-0.2, 0) is 14.4 Å². The summed E-state index contributed by atoms with van der Waals surface area (Å²) in [6.07, 6.45) is 6.93. The second-order valence-electron chi connectivity index (χ2n) is 17.5. The Morgan fingerprint density at radius 1 is 0.937 bits per heavy atom. The number of ether oxygens (including phenoxy) is 1. The minimum Gasteiger partial charge on any atom is -0.478 e. The van der Waals surface area contributed by atoms with E-state index in [0.29, 0.717) is 39.5 Å². The summed E-state index contributed by atoms with van der Waals surface area (Å²) in [4.78, 5) is 93.7. The minimum absolute atomic E-state index is 0.00910. The lowest BCUT2D eigenvalue weighted by molar-refractivity contribution is -0.136. The van der Waals surface area contributed by atoms with E-state index in [1.54, 1.807) is 22.9 Å². The fourth-order valence-electron chi connectivity index (χ4n) is 9.89. The Morgan fingerprint density at radius 2 is 1.68 bits per heavy atom. The number of benzene rings is 2. The quantitative estimate of drug-likeness (QED) is 0.182. The molecule has 330 valence electrons. The van der Waals surface area contributed by atoms with Crippen LogP contribution in [0.3, 0.4) is 0 Å². The minimum atomic E-state index is -0.981. The molecule has 18 heteroatoms. The Bertz CT molecular complexity index is 2580. The molecule has 0 saturated carbocycles. The van der Waals surface area contributed by atoms with Crippen LogP contribution < -0.4 is 36.0 Å². The van der Waals surface area contributed by atoms with Crippen molar-refractivity contribution in [3.8, 4) is 5.75 Å². The number of fused-ring (bicyclic) bond motifs is 2. The number of likely N-dealkylation sites (tertiary alicyclic amines) is 1. The third-order valence-corrected chi connectivity index (χ3v) is 13.7. The lowest BCUT2D eigenvalue weighted by Gasteiger charge is -2.58. The van der Waals surface area contributed by atoms with Crippen molar-refractivity contribution in [2.24, 2.45) is 5.92 Å². The molecule has 4 saturated heterocycles. The van der Waals surface area contributed by atoms with E-state index in [9.17, 15) is 28.8 Å². The molecule has 3 N–H and O–H groups in total. The van der Waals surface area contributed by atoms with E-state index < -0.39 is 29.7 Å². The number of nitrogens with zero attached hydrogens (tertiary/aromatic N) is 7. The smallest absolute Gasteiger partial charge is 0.293 e. The number of carbonyl (C=O) groups excluding carboxylic acids is 5. The highest BCUT2D eigenvalue weighted by Gasteiger charge is 2.49. The number of aromatic nitrogens is 3. The predicted octanol–water partition coefficient (Wildman–Crippen LogP) is 4.26. The Kier molecular flexibility index (Phi) is 11.3. The first-order chi connectivity index (χ1) is 30.3. The average molecular weight is 879 g/mol. The maximum atomic E-state index is 13.5. The van der Waals surface area contributed by atoms with Crippen molar-refractivity contribution >= 4 is 75.2 Å². The zero-order chi connectivity index (χ0) is 44.2. The van der Waals surface area contributed by atoms with Crippen LogP contribution >= 0.6 is 11.6 Å². The van der Waals surface area contributed by atoms with E-state index in [-0.39, 0.29) is 48.2 Å². The largest absolute Gasteiger partial charge is 0.478 e. The zero-order valence-corrected chi connectivity index (χ0v) is 36.4. The monoisotopic (exact) mass is 878 g/mol. The van der Waals surface area contributed by atoms with E-state index in [0.717, 1.165) is 92.9 Å². The molecule has 5 amide bonds. The summed E-state index contributed by atoms with van der Waals surface area (Å²) < 4.78 is 7.27. The molecular weight excluding hydrogens is 828 g/mol. The molecule has 0 bridgehead atoms. The molecule has 17 nitrogen and oxygen atoms in total. The molecule has 4 aromatic rings. The van der Waals surface area contributed by atoms with Gasteiger partial charge in [0.1, 0.15) is 11.1 Å². The maximum absolute atomic E-state index is 13.5. The van der Waals surface area contributed by atoms with Gasteiger partial charge in [-0.1, -0.05) is 11.6 Å². The highest BCUT2D eigenvalue weighted by Crippen LogP contribution is 2.44. The van der Waals surface area contributed by atoms with E-state index >= 15 is 0 Å². The van der Waals surface area contributed by atoms with Gasteiger partial charge in [0.25, 0.3) is 23.3 Å². The molecule has 0 radical (unpaired) electrons. The first kappa shape index (κ1) is 42.2. The van der Waals surface area contributed by atoms with Gasteiger partial charge in [0.2, 0.25) is 17.8 Å². The second kappa shape index (κ2) is 16.9. The third kappa shape index (κ3) is 7.96. The van der Waals surface area contributed by atoms with E-state index in [1.165, 1.54) is 7.05 Å². The predicted molar refractivity (Wildman–Crippen MR) is 237 cm³/mol. The molecule has 9 rings (SSSR count). The molecule has 0 aliphatic carbocycles. The molecule has 7 heterocycles. The van der Waals surface area contributed by atoms with Crippen LogP contribution in [0.2, 0.25) is 5.02 Å². The van der Waals surface area contributed by atoms with Gasteiger partial charge in [-0.25, -0.2) is 4.98 Å². The number of amides is 5. The van der Waals surface area contributed by atoms with Crippen LogP contribution in [0.4, 0.5) is 23.1 Å². The van der Waals surface area contributed by atoms with Crippen LogP contribution in [0.25, 0.3) is 10.9 Å². The molecule has 2 aromatic carbocycles. The number of piperidine rings is 3. The highest BCUT2D eigenvalue weighted by molar-refractivity contribution is 6.33. The standard InChI is InChI=1S/C45H51ClN10O7/c1-26(2)55-34-7-4-29(20-28(34)21-36(43(55)62)63-25-38(58)47-3)49-39-33(46)23-48-44(51-39)53-15-10-27(11-16-53)24-52-17-12-45(13-18-52)14-19-54(45)30-5-6-31-32(22-30)42(61)56(41(31)60)35-8-9-37(57)50-40(35)59/h4-7,20-23,26-27,35H,8-19,24-25H2,1-3H3,(H,47,58)(H,48,49,51)(H,50,57,59). The van der Waals surface area contributed by atoms with Crippen LogP contribution in [0, 0.1) is 5.92 Å². The fourth-order valence-corrected chi connectivity index (χ4v) is 10.0. The van der Waals surface area contributed by atoms with Crippen molar-refractivity contribution < 1.29 is 28.7 Å². The van der Waals surface area contributed by atoms with Crippen molar-refractivity contribution in [2.45, 2.75) is 76.4 Å². The highest BCUT2D eigenvalue weighted by atomic mass is 35.5. The summed E-state index contributed by atoms with van der Waals surface area (Å²) in [6.45, 7) is 9.07. The van der Waals surface area contributed by atoms with Gasteiger partial charge in [0.05, 0.1) is 22.8 Å². The second-order valence-corrected chi connectivity index (χ2v) is 17.9. The number of hydrogen-bond donors (Lipinski definition) is 3. The fraction of sp³-hybridized carbons (Fsp3) is 0.467. The number of likely N-dealkylation sites (N-methyl/N-ethyl adjacent to an activating group) is 1. The Hall–Kier alpha value is -6.07. The topological polar surface area (TPSA) is 191 Å². The van der Waals surface area contributed by atoms with Gasteiger partial charge in [0.15, 0.2) is 18.2 Å². The maximum Gasteiger partial charge on any atom is 0.293 e. The van der Waals surface area contributed by atoms with Gasteiger partial charge < -0.3 is 34.6 Å². The van der Waals surface area contributed by atoms with Crippen molar-refractivity contribution in [2.75, 3.05) is 68.0 Å². The molecule has 2 aromatic heterocycles. The first-order valence-electron chi connectivity index (χ1n) is 21.8. The third-order valence-electron chi connectivity index (χ3n) is 13.5. The molecule has 5 aliphatic rings. The lowest BCUT2D eigenvalue weighted by Crippen LogP contribution is -2.64. The summed E-state index contributed by atoms with van der Waals surface area (Å²) in [7, 11) is 1.51. The molecule has 1 spiro atoms. The van der Waals surface area contributed by atoms with E-state index in [2.05, 4.69) is 35.6 Å². The average Bonchev–Trinajstić information content (AvgIpc) is 3.51. The molecule has 1 atom stereocenters. The number of anilines is 4. The van der Waals surface area contributed by atoms with Gasteiger partial charge in [0, 0.05) is 81.1 Å². The van der Waals surface area contributed by atoms with E-state index in [1.807, 2.05) is 44.2 Å². The Balaban J connectivity index is 0.793. The Labute approximate surface area is 369 Å². The zero-order valence-electron chi connectivity index (χ0n) is 35.6. The number of pyridine rings is 1. The normalized spacial score (nSPS) is 20.3. The van der Waals surface area contributed by atoms with Gasteiger partial charge in [-0.15, -0.1) is 0 Å². The molecule has 4 fully saturated rings. The van der Waals surface area contributed by atoms with E-state index in [4.69, 9.17) is 21.3 Å². The molecule has 1 unspecified atom stereocenters. The number of rotatable bonds is 11. The van der Waals surface area contributed by atoms with Crippen molar-refractivity contribution in [3.05, 3.63) is 75.2 Å². The number of hydrogen-bond acceptors (Lipinski definition) is 13. The number of imide groups is 2. The number of carbonyl (C=O) groups is 5. The van der Waals surface area contributed by atoms with Gasteiger partial charge in [-0.3, -0.25) is 39.0 Å². The first-order valence-corrected chi connectivity index (χ1v) is 22.1. The van der Waals surface area contributed by atoms with Crippen LogP contribution in [0.5, 0.6) is 5.75 Å². The van der Waals surface area contributed by atoms with Crippen LogP contribution in [-0.4, -0.2) is 118 Å². The van der Waals surface area contributed by atoms with Crippen molar-refractivity contribution in [3.63, 3.8) is 0 Å². The van der Waals surface area contributed by atoms with Gasteiger partial charge >= 0.3 is 0 Å². The number of halogens is 1. The summed E-state index contributed by atoms with van der Waals surface area (Å²) in [5.41, 5.74) is 2.68. The van der Waals surface area contributed by atoms with Crippen LogP contribution in [0.15, 0.2) is 53.5 Å². The van der Waals surface area contributed by atoms with Gasteiger partial charge in [-0.2, -0.15) is 4.98 Å². The molecular formula is C45H51ClN10O7. The molecule has 5 aliphatic heterocycles. The summed E-state index contributed by atoms with van der Waals surface area (Å²) >= 11 is 6.62. The summed E-state index contributed by atoms with van der Waals surface area (Å²) in [6, 6.07) is 11.6. The van der Waals surface area contributed by atoms with Crippen molar-refractivity contribution in [1.29, 1.82) is 0 Å². The summed E-state index contributed by atoms with van der Waals surface area (Å²) in [5, 5.41) is 9.23. The lowest BCUT2D eigenvalue weighted by atomic mass is 9.75. The SMILES string of the molecule is CNC(=O)COc1cc2cc(Nc3nc(N4CCC(CN5CCC6(CC5)CCN6c5ccc6c(c5)C(=O)N(C5CCC(=O)NC5=O)C6=O)CC4)ncc3Cl)ccc2n(C(C)C)c1=O. The van der Waals surface area contributed by atoms with Crippen molar-refractivity contribution in [1.82, 2.24) is 35.0 Å².